The lowest BCUT2D eigenvalue weighted by Crippen LogP contribution is -2.25. The van der Waals surface area contributed by atoms with Crippen LogP contribution in [0.15, 0.2) is 16.2 Å². The van der Waals surface area contributed by atoms with E-state index in [0.717, 1.165) is 5.41 Å². The van der Waals surface area contributed by atoms with E-state index >= 15 is 0 Å². The molecule has 0 fully saturated rings. The summed E-state index contributed by atoms with van der Waals surface area (Å²) < 4.78 is 22.4. The molecular formula is C6H11N3O2S. The van der Waals surface area contributed by atoms with Crippen LogP contribution in [0.25, 0.3) is 0 Å². The van der Waals surface area contributed by atoms with Gasteiger partial charge in [0.05, 0.1) is 12.0 Å². The highest BCUT2D eigenvalue weighted by Crippen LogP contribution is 2.10. The summed E-state index contributed by atoms with van der Waals surface area (Å²) in [7, 11) is 0.231. The van der Waals surface area contributed by atoms with Crippen molar-refractivity contribution in [1.29, 1.82) is 0 Å². The molecule has 1 aliphatic rings. The summed E-state index contributed by atoms with van der Waals surface area (Å²) >= 11 is 0. The standard InChI is InChI=1S/C6H11N3O2S/c1-9(2)3-6-8-5(7)4-12(6,10)11/h4H,3,7H2,1-2H3. The number of hydrogen-bond donors (Lipinski definition) is 1. The van der Waals surface area contributed by atoms with Gasteiger partial charge in [-0.1, -0.05) is 0 Å². The van der Waals surface area contributed by atoms with Crippen molar-refractivity contribution in [2.24, 2.45) is 10.7 Å². The Balaban J connectivity index is 2.90. The molecule has 1 rings (SSSR count). The van der Waals surface area contributed by atoms with E-state index in [-0.39, 0.29) is 10.9 Å². The van der Waals surface area contributed by atoms with Gasteiger partial charge in [-0.25, -0.2) is 13.4 Å². The van der Waals surface area contributed by atoms with Crippen molar-refractivity contribution in [2.45, 2.75) is 0 Å². The molecule has 12 heavy (non-hydrogen) atoms. The Hall–Kier alpha value is -0.880. The first-order chi connectivity index (χ1) is 5.42. The molecule has 2 N–H and O–H groups in total. The summed E-state index contributed by atoms with van der Waals surface area (Å²) in [5.41, 5.74) is 5.25. The van der Waals surface area contributed by atoms with Crippen molar-refractivity contribution < 1.29 is 8.42 Å². The third-order valence-electron chi connectivity index (χ3n) is 1.31. The second-order valence-corrected chi connectivity index (χ2v) is 4.63. The normalized spacial score (nSPS) is 20.9. The number of sulfone groups is 1. The molecule has 1 aliphatic heterocycles. The minimum atomic E-state index is -3.31. The Morgan fingerprint density at radius 3 is 2.50 bits per heavy atom. The van der Waals surface area contributed by atoms with E-state index in [2.05, 4.69) is 4.99 Å². The van der Waals surface area contributed by atoms with Crippen LogP contribution in [0.4, 0.5) is 0 Å². The Kier molecular flexibility index (Phi) is 2.20. The molecule has 0 aromatic rings. The zero-order valence-electron chi connectivity index (χ0n) is 6.98. The van der Waals surface area contributed by atoms with Crippen LogP contribution in [0, 0.1) is 0 Å². The number of nitrogens with two attached hydrogens (primary N) is 1. The molecule has 0 radical (unpaired) electrons. The molecule has 0 saturated carbocycles. The van der Waals surface area contributed by atoms with Crippen LogP contribution in [0.5, 0.6) is 0 Å². The third-order valence-corrected chi connectivity index (χ3v) is 2.74. The Labute approximate surface area is 71.5 Å². The van der Waals surface area contributed by atoms with Crippen molar-refractivity contribution >= 4 is 14.9 Å². The molecule has 5 nitrogen and oxygen atoms in total. The summed E-state index contributed by atoms with van der Waals surface area (Å²) in [5.74, 6) is 0.0619. The zero-order chi connectivity index (χ0) is 9.35. The van der Waals surface area contributed by atoms with Crippen molar-refractivity contribution in [1.82, 2.24) is 4.90 Å². The van der Waals surface area contributed by atoms with E-state index in [9.17, 15) is 8.42 Å². The molecular weight excluding hydrogens is 178 g/mol. The highest BCUT2D eigenvalue weighted by atomic mass is 32.2. The molecule has 0 aliphatic carbocycles. The van der Waals surface area contributed by atoms with Gasteiger partial charge >= 0.3 is 0 Å². The van der Waals surface area contributed by atoms with Crippen molar-refractivity contribution in [3.05, 3.63) is 11.2 Å². The Bertz CT molecular complexity index is 340. The first-order valence-corrected chi connectivity index (χ1v) is 4.91. The third kappa shape index (κ3) is 1.83. The quantitative estimate of drug-likeness (QED) is 0.613. The van der Waals surface area contributed by atoms with E-state index in [4.69, 9.17) is 5.73 Å². The minimum Gasteiger partial charge on any atom is -0.383 e. The first kappa shape index (κ1) is 9.21. The fourth-order valence-electron chi connectivity index (χ4n) is 0.857. The highest BCUT2D eigenvalue weighted by molar-refractivity contribution is 8.09. The summed E-state index contributed by atoms with van der Waals surface area (Å²) in [5, 5.41) is 1.09. The van der Waals surface area contributed by atoms with Gasteiger partial charge in [-0.05, 0) is 14.1 Å². The molecule has 6 heteroatoms. The SMILES string of the molecule is CN(C)CC1=NC(N)=CS1(=O)=O. The molecule has 0 spiro atoms. The Morgan fingerprint density at radius 2 is 2.17 bits per heavy atom. The fraction of sp³-hybridized carbons (Fsp3) is 0.500. The van der Waals surface area contributed by atoms with Gasteiger partial charge in [0.1, 0.15) is 5.82 Å². The second-order valence-electron chi connectivity index (χ2n) is 2.83. The van der Waals surface area contributed by atoms with Gasteiger partial charge in [0.2, 0.25) is 9.84 Å². The summed E-state index contributed by atoms with van der Waals surface area (Å²) in [4.78, 5) is 5.43. The maximum absolute atomic E-state index is 11.2. The number of nitrogens with zero attached hydrogens (tertiary/aromatic N) is 2. The molecule has 68 valence electrons. The smallest absolute Gasteiger partial charge is 0.218 e. The fourth-order valence-corrected chi connectivity index (χ4v) is 2.03. The van der Waals surface area contributed by atoms with Gasteiger partial charge in [0.15, 0.2) is 5.04 Å². The van der Waals surface area contributed by atoms with Gasteiger partial charge in [-0.3, -0.25) is 0 Å². The lowest BCUT2D eigenvalue weighted by Gasteiger charge is -2.07. The molecule has 0 atom stereocenters. The van der Waals surface area contributed by atoms with Crippen LogP contribution in [0.3, 0.4) is 0 Å². The monoisotopic (exact) mass is 189 g/mol. The summed E-state index contributed by atoms with van der Waals surface area (Å²) in [6.07, 6.45) is 0. The maximum atomic E-state index is 11.2. The van der Waals surface area contributed by atoms with Gasteiger partial charge in [0, 0.05) is 0 Å². The van der Waals surface area contributed by atoms with Crippen LogP contribution in [-0.2, 0) is 9.84 Å². The average Bonchev–Trinajstić information content (AvgIpc) is 2.04. The van der Waals surface area contributed by atoms with Crippen LogP contribution in [0.2, 0.25) is 0 Å². The number of hydrogen-bond acceptors (Lipinski definition) is 5. The van der Waals surface area contributed by atoms with Crippen molar-refractivity contribution in [3.63, 3.8) is 0 Å². The maximum Gasteiger partial charge on any atom is 0.218 e. The van der Waals surface area contributed by atoms with Gasteiger partial charge in [0.25, 0.3) is 0 Å². The van der Waals surface area contributed by atoms with E-state index < -0.39 is 9.84 Å². The van der Waals surface area contributed by atoms with Crippen LogP contribution in [0.1, 0.15) is 0 Å². The molecule has 0 amide bonds. The van der Waals surface area contributed by atoms with E-state index in [1.165, 1.54) is 0 Å². The van der Waals surface area contributed by atoms with E-state index in [1.54, 1.807) is 19.0 Å². The topological polar surface area (TPSA) is 75.8 Å². The molecule has 0 bridgehead atoms. The van der Waals surface area contributed by atoms with E-state index in [1.807, 2.05) is 0 Å². The van der Waals surface area contributed by atoms with Gasteiger partial charge < -0.3 is 10.6 Å². The van der Waals surface area contributed by atoms with Crippen LogP contribution in [-0.4, -0.2) is 39.0 Å². The number of aliphatic imine (C=N–C) groups is 1. The predicted octanol–water partition coefficient (Wildman–Crippen LogP) is -0.867. The molecule has 0 unspecified atom stereocenters. The Morgan fingerprint density at radius 1 is 1.58 bits per heavy atom. The largest absolute Gasteiger partial charge is 0.383 e. The predicted molar refractivity (Wildman–Crippen MR) is 47.2 cm³/mol. The summed E-state index contributed by atoms with van der Waals surface area (Å²) in [6.45, 7) is 0.291. The first-order valence-electron chi connectivity index (χ1n) is 3.36. The highest BCUT2D eigenvalue weighted by Gasteiger charge is 2.23. The van der Waals surface area contributed by atoms with Crippen molar-refractivity contribution in [3.8, 4) is 0 Å². The van der Waals surface area contributed by atoms with Crippen molar-refractivity contribution in [2.75, 3.05) is 20.6 Å². The second kappa shape index (κ2) is 2.87. The molecule has 0 aromatic heterocycles. The minimum absolute atomic E-state index is 0.0619. The zero-order valence-corrected chi connectivity index (χ0v) is 7.80. The average molecular weight is 189 g/mol. The van der Waals surface area contributed by atoms with Crippen LogP contribution < -0.4 is 5.73 Å². The lowest BCUT2D eigenvalue weighted by molar-refractivity contribution is 0.471. The van der Waals surface area contributed by atoms with E-state index in [0.29, 0.717) is 6.54 Å². The molecule has 0 aromatic carbocycles. The van der Waals surface area contributed by atoms with Gasteiger partial charge in [-0.15, -0.1) is 0 Å². The summed E-state index contributed by atoms with van der Waals surface area (Å²) in [6, 6.07) is 0. The lowest BCUT2D eigenvalue weighted by atomic mass is 10.6. The molecule has 0 saturated heterocycles. The number of rotatable bonds is 2. The molecule has 1 heterocycles. The van der Waals surface area contributed by atoms with Gasteiger partial charge in [-0.2, -0.15) is 0 Å². The van der Waals surface area contributed by atoms with Crippen LogP contribution >= 0.6 is 0 Å².